The van der Waals surface area contributed by atoms with Gasteiger partial charge in [-0.15, -0.1) is 11.6 Å². The SMILES string of the molecule is CCC(CC)n1ccc(CC(CCl)c2cccc(Cl)c2)n1. The summed E-state index contributed by atoms with van der Waals surface area (Å²) in [5.74, 6) is 0.813. The van der Waals surface area contributed by atoms with Gasteiger partial charge >= 0.3 is 0 Å². The minimum Gasteiger partial charge on any atom is -0.269 e. The van der Waals surface area contributed by atoms with Crippen LogP contribution in [0, 0.1) is 0 Å². The molecule has 0 saturated carbocycles. The fraction of sp³-hybridized carbons (Fsp3) is 0.471. The first-order valence-corrected chi connectivity index (χ1v) is 8.44. The van der Waals surface area contributed by atoms with Gasteiger partial charge in [-0.3, -0.25) is 4.68 Å². The van der Waals surface area contributed by atoms with E-state index in [9.17, 15) is 0 Å². The van der Waals surface area contributed by atoms with Crippen LogP contribution in [0.15, 0.2) is 36.5 Å². The van der Waals surface area contributed by atoms with Crippen molar-refractivity contribution in [2.24, 2.45) is 0 Å². The molecule has 0 spiro atoms. The standard InChI is InChI=1S/C17H22Cl2N2/c1-3-17(4-2)21-9-8-16(20-21)11-14(12-18)13-6-5-7-15(19)10-13/h5-10,14,17H,3-4,11-12H2,1-2H3. The fourth-order valence-electron chi connectivity index (χ4n) is 2.63. The molecule has 1 atom stereocenters. The normalized spacial score (nSPS) is 12.8. The summed E-state index contributed by atoms with van der Waals surface area (Å²) in [6, 6.07) is 10.5. The molecule has 0 amide bonds. The van der Waals surface area contributed by atoms with Gasteiger partial charge in [-0.05, 0) is 43.0 Å². The van der Waals surface area contributed by atoms with E-state index in [-0.39, 0.29) is 5.92 Å². The second-order valence-corrected chi connectivity index (χ2v) is 6.11. The van der Waals surface area contributed by atoms with E-state index >= 15 is 0 Å². The lowest BCUT2D eigenvalue weighted by atomic mass is 9.96. The topological polar surface area (TPSA) is 17.8 Å². The van der Waals surface area contributed by atoms with E-state index in [0.29, 0.717) is 11.9 Å². The molecule has 2 aromatic rings. The van der Waals surface area contributed by atoms with Crippen LogP contribution in [0.4, 0.5) is 0 Å². The second-order valence-electron chi connectivity index (χ2n) is 5.37. The number of benzene rings is 1. The van der Waals surface area contributed by atoms with Crippen molar-refractivity contribution >= 4 is 23.2 Å². The van der Waals surface area contributed by atoms with E-state index in [0.717, 1.165) is 30.0 Å². The van der Waals surface area contributed by atoms with Crippen LogP contribution in [-0.4, -0.2) is 15.7 Å². The van der Waals surface area contributed by atoms with Gasteiger partial charge in [-0.25, -0.2) is 0 Å². The third kappa shape index (κ3) is 4.24. The first-order valence-electron chi connectivity index (χ1n) is 7.53. The molecule has 1 heterocycles. The van der Waals surface area contributed by atoms with Gasteiger partial charge in [0.1, 0.15) is 0 Å². The van der Waals surface area contributed by atoms with E-state index in [2.05, 4.69) is 36.9 Å². The minimum atomic E-state index is 0.246. The zero-order valence-electron chi connectivity index (χ0n) is 12.6. The average molecular weight is 325 g/mol. The Bertz CT molecular complexity index is 561. The van der Waals surface area contributed by atoms with Crippen molar-refractivity contribution in [2.45, 2.75) is 45.1 Å². The van der Waals surface area contributed by atoms with E-state index < -0.39 is 0 Å². The summed E-state index contributed by atoms with van der Waals surface area (Å²) in [6.45, 7) is 4.39. The molecule has 1 aromatic heterocycles. The summed E-state index contributed by atoms with van der Waals surface area (Å²) >= 11 is 12.2. The van der Waals surface area contributed by atoms with Crippen LogP contribution in [0.1, 0.15) is 49.9 Å². The van der Waals surface area contributed by atoms with Crippen LogP contribution in [0.2, 0.25) is 5.02 Å². The molecule has 0 aliphatic rings. The third-order valence-corrected chi connectivity index (χ3v) is 4.55. The van der Waals surface area contributed by atoms with E-state index in [1.807, 2.05) is 18.2 Å². The lowest BCUT2D eigenvalue weighted by Crippen LogP contribution is -2.09. The Morgan fingerprint density at radius 3 is 2.57 bits per heavy atom. The van der Waals surface area contributed by atoms with Gasteiger partial charge in [0.05, 0.1) is 11.7 Å². The zero-order valence-corrected chi connectivity index (χ0v) is 14.1. The highest BCUT2D eigenvalue weighted by molar-refractivity contribution is 6.30. The number of hydrogen-bond acceptors (Lipinski definition) is 1. The van der Waals surface area contributed by atoms with Crippen molar-refractivity contribution in [3.8, 4) is 0 Å². The van der Waals surface area contributed by atoms with Gasteiger partial charge in [0.25, 0.3) is 0 Å². The van der Waals surface area contributed by atoms with Crippen LogP contribution in [0.25, 0.3) is 0 Å². The number of alkyl halides is 1. The van der Waals surface area contributed by atoms with Crippen molar-refractivity contribution in [2.75, 3.05) is 5.88 Å². The highest BCUT2D eigenvalue weighted by Gasteiger charge is 2.15. The smallest absolute Gasteiger partial charge is 0.0631 e. The molecule has 0 N–H and O–H groups in total. The molecular weight excluding hydrogens is 303 g/mol. The Labute approximate surface area is 137 Å². The van der Waals surface area contributed by atoms with Gasteiger partial charge in [-0.2, -0.15) is 5.10 Å². The Morgan fingerprint density at radius 2 is 1.95 bits per heavy atom. The largest absolute Gasteiger partial charge is 0.269 e. The predicted octanol–water partition coefficient (Wildman–Crippen LogP) is 5.46. The van der Waals surface area contributed by atoms with Gasteiger partial charge in [-0.1, -0.05) is 37.6 Å². The van der Waals surface area contributed by atoms with Crippen molar-refractivity contribution in [1.82, 2.24) is 9.78 Å². The maximum Gasteiger partial charge on any atom is 0.0631 e. The third-order valence-electron chi connectivity index (χ3n) is 3.94. The van der Waals surface area contributed by atoms with E-state index in [4.69, 9.17) is 28.3 Å². The van der Waals surface area contributed by atoms with Crippen LogP contribution >= 0.6 is 23.2 Å². The first kappa shape index (κ1) is 16.4. The van der Waals surface area contributed by atoms with Crippen LogP contribution in [0.5, 0.6) is 0 Å². The van der Waals surface area contributed by atoms with E-state index in [1.54, 1.807) is 0 Å². The molecule has 2 nitrogen and oxygen atoms in total. The molecule has 0 saturated heterocycles. The summed E-state index contributed by atoms with van der Waals surface area (Å²) in [5.41, 5.74) is 2.27. The van der Waals surface area contributed by atoms with Gasteiger partial charge in [0.2, 0.25) is 0 Å². The Hall–Kier alpha value is -0.990. The summed E-state index contributed by atoms with van der Waals surface area (Å²) in [6.07, 6.45) is 5.13. The number of hydrogen-bond donors (Lipinski definition) is 0. The first-order chi connectivity index (χ1) is 10.2. The molecular formula is C17H22Cl2N2. The minimum absolute atomic E-state index is 0.246. The van der Waals surface area contributed by atoms with Crippen molar-refractivity contribution in [3.63, 3.8) is 0 Å². The van der Waals surface area contributed by atoms with Gasteiger partial charge in [0, 0.05) is 23.0 Å². The molecule has 0 radical (unpaired) electrons. The Kier molecular flexibility index (Phi) is 6.13. The van der Waals surface area contributed by atoms with Crippen molar-refractivity contribution in [1.29, 1.82) is 0 Å². The lowest BCUT2D eigenvalue weighted by Gasteiger charge is -2.14. The molecule has 4 heteroatoms. The molecule has 0 bridgehead atoms. The molecule has 114 valence electrons. The molecule has 0 aliphatic heterocycles. The molecule has 0 fully saturated rings. The van der Waals surface area contributed by atoms with Crippen molar-refractivity contribution in [3.05, 3.63) is 52.8 Å². The Morgan fingerprint density at radius 1 is 1.19 bits per heavy atom. The monoisotopic (exact) mass is 324 g/mol. The maximum atomic E-state index is 6.15. The van der Waals surface area contributed by atoms with Crippen LogP contribution < -0.4 is 0 Å². The molecule has 1 unspecified atom stereocenters. The number of nitrogens with zero attached hydrogens (tertiary/aromatic N) is 2. The summed E-state index contributed by atoms with van der Waals surface area (Å²) in [5, 5.41) is 5.47. The zero-order chi connectivity index (χ0) is 15.2. The molecule has 21 heavy (non-hydrogen) atoms. The molecule has 0 aliphatic carbocycles. The quantitative estimate of drug-likeness (QED) is 0.618. The number of rotatable bonds is 7. The lowest BCUT2D eigenvalue weighted by molar-refractivity contribution is 0.424. The summed E-state index contributed by atoms with van der Waals surface area (Å²) in [7, 11) is 0. The summed E-state index contributed by atoms with van der Waals surface area (Å²) in [4.78, 5) is 0. The molecule has 1 aromatic carbocycles. The fourth-order valence-corrected chi connectivity index (χ4v) is 3.11. The summed E-state index contributed by atoms with van der Waals surface area (Å²) < 4.78 is 2.08. The average Bonchev–Trinajstić information content (AvgIpc) is 2.94. The number of halogens is 2. The molecule has 2 rings (SSSR count). The van der Waals surface area contributed by atoms with E-state index in [1.165, 1.54) is 5.56 Å². The Balaban J connectivity index is 2.12. The second kappa shape index (κ2) is 7.86. The van der Waals surface area contributed by atoms with Gasteiger partial charge < -0.3 is 0 Å². The number of aromatic nitrogens is 2. The highest BCUT2D eigenvalue weighted by Crippen LogP contribution is 2.25. The predicted molar refractivity (Wildman–Crippen MR) is 90.5 cm³/mol. The van der Waals surface area contributed by atoms with Crippen LogP contribution in [-0.2, 0) is 6.42 Å². The van der Waals surface area contributed by atoms with Gasteiger partial charge in [0.15, 0.2) is 0 Å². The maximum absolute atomic E-state index is 6.15. The van der Waals surface area contributed by atoms with Crippen molar-refractivity contribution < 1.29 is 0 Å². The van der Waals surface area contributed by atoms with Crippen LogP contribution in [0.3, 0.4) is 0 Å². The highest BCUT2D eigenvalue weighted by atomic mass is 35.5.